The molecule has 4 heteroatoms. The molecule has 106 valence electrons. The maximum atomic E-state index is 9.74. The van der Waals surface area contributed by atoms with Crippen LogP contribution >= 0.6 is 0 Å². The summed E-state index contributed by atoms with van der Waals surface area (Å²) in [5.41, 5.74) is 2.28. The first-order valence-electron chi connectivity index (χ1n) is 7.25. The van der Waals surface area contributed by atoms with Crippen LogP contribution in [0.15, 0.2) is 24.3 Å². The molecule has 2 aliphatic carbocycles. The fourth-order valence-corrected chi connectivity index (χ4v) is 3.90. The van der Waals surface area contributed by atoms with Crippen LogP contribution in [0.25, 0.3) is 0 Å². The predicted octanol–water partition coefficient (Wildman–Crippen LogP) is 2.40. The minimum atomic E-state index is -0.316. The van der Waals surface area contributed by atoms with Crippen LogP contribution < -0.4 is 5.48 Å². The molecule has 2 N–H and O–H groups in total. The van der Waals surface area contributed by atoms with E-state index in [2.05, 4.69) is 29.8 Å². The van der Waals surface area contributed by atoms with Gasteiger partial charge in [-0.3, -0.25) is 0 Å². The van der Waals surface area contributed by atoms with Crippen molar-refractivity contribution >= 4 is 0 Å². The molecule has 0 aromatic heterocycles. The summed E-state index contributed by atoms with van der Waals surface area (Å²) in [6.07, 6.45) is 13.7. The Bertz CT molecular complexity index is 374. The predicted molar refractivity (Wildman–Crippen MR) is 71.7 cm³/mol. The van der Waals surface area contributed by atoms with Gasteiger partial charge in [0.2, 0.25) is 0 Å². The number of allylic oxidation sites excluding steroid dienone is 2. The van der Waals surface area contributed by atoms with Crippen LogP contribution in [-0.2, 0) is 9.47 Å². The number of hydroxylamine groups is 1. The van der Waals surface area contributed by atoms with E-state index in [1.165, 1.54) is 6.42 Å². The van der Waals surface area contributed by atoms with E-state index in [0.29, 0.717) is 0 Å². The standard InChI is InChI=1S/C15H23NO3/c1-18-14-12-8-4-3-7-11(12)13(19-14)15(16-17)9-5-2-6-10-15/h3-4,7-8,11-14,16-17H,2,5-6,9-10H2,1H3/t11-,12+,13-,14+/m0/s1. The highest BCUT2D eigenvalue weighted by Gasteiger charge is 2.53. The third-order valence-electron chi connectivity index (χ3n) is 4.91. The molecular weight excluding hydrogens is 242 g/mol. The highest BCUT2D eigenvalue weighted by atomic mass is 16.7. The normalized spacial score (nSPS) is 40.3. The smallest absolute Gasteiger partial charge is 0.164 e. The van der Waals surface area contributed by atoms with Gasteiger partial charge in [-0.25, -0.2) is 0 Å². The number of methoxy groups -OCH3 is 1. The van der Waals surface area contributed by atoms with Gasteiger partial charge in [0, 0.05) is 18.9 Å². The minimum Gasteiger partial charge on any atom is -0.355 e. The van der Waals surface area contributed by atoms with Gasteiger partial charge < -0.3 is 14.7 Å². The van der Waals surface area contributed by atoms with Crippen molar-refractivity contribution in [2.45, 2.75) is 50.0 Å². The van der Waals surface area contributed by atoms with Crippen molar-refractivity contribution in [2.24, 2.45) is 11.8 Å². The number of ether oxygens (including phenoxy) is 2. The maximum absolute atomic E-state index is 9.74. The average Bonchev–Trinajstić information content (AvgIpc) is 2.87. The number of rotatable bonds is 3. The van der Waals surface area contributed by atoms with E-state index in [1.54, 1.807) is 7.11 Å². The van der Waals surface area contributed by atoms with Crippen molar-refractivity contribution in [2.75, 3.05) is 7.11 Å². The van der Waals surface area contributed by atoms with Crippen molar-refractivity contribution in [3.63, 3.8) is 0 Å². The van der Waals surface area contributed by atoms with E-state index in [4.69, 9.17) is 9.47 Å². The summed E-state index contributed by atoms with van der Waals surface area (Å²) in [6.45, 7) is 0. The summed E-state index contributed by atoms with van der Waals surface area (Å²) in [7, 11) is 1.69. The van der Waals surface area contributed by atoms with Crippen molar-refractivity contribution in [3.8, 4) is 0 Å². The summed E-state index contributed by atoms with van der Waals surface area (Å²) < 4.78 is 11.6. The van der Waals surface area contributed by atoms with Crippen LogP contribution in [0.4, 0.5) is 0 Å². The summed E-state index contributed by atoms with van der Waals surface area (Å²) in [5.74, 6) is 0.542. The second kappa shape index (κ2) is 5.37. The molecule has 0 radical (unpaired) electrons. The fraction of sp³-hybridized carbons (Fsp3) is 0.733. The number of hydrogen-bond acceptors (Lipinski definition) is 4. The Balaban J connectivity index is 1.87. The SMILES string of the molecule is CO[C@@H]1O[C@H](C2(NO)CCCCC2)[C@H]2C=CC=C[C@@H]12. The molecule has 4 atom stereocenters. The highest BCUT2D eigenvalue weighted by molar-refractivity contribution is 5.21. The Kier molecular flexibility index (Phi) is 3.76. The van der Waals surface area contributed by atoms with E-state index in [0.717, 1.165) is 25.7 Å². The topological polar surface area (TPSA) is 50.7 Å². The van der Waals surface area contributed by atoms with Gasteiger partial charge in [0.1, 0.15) is 0 Å². The molecule has 19 heavy (non-hydrogen) atoms. The highest BCUT2D eigenvalue weighted by Crippen LogP contribution is 2.45. The van der Waals surface area contributed by atoms with Crippen LogP contribution in [0.1, 0.15) is 32.1 Å². The van der Waals surface area contributed by atoms with E-state index < -0.39 is 0 Å². The first-order chi connectivity index (χ1) is 9.30. The summed E-state index contributed by atoms with van der Waals surface area (Å²) in [4.78, 5) is 0. The van der Waals surface area contributed by atoms with Crippen molar-refractivity contribution in [1.29, 1.82) is 0 Å². The van der Waals surface area contributed by atoms with E-state index in [9.17, 15) is 5.21 Å². The van der Waals surface area contributed by atoms with Crippen LogP contribution in [0.3, 0.4) is 0 Å². The van der Waals surface area contributed by atoms with Gasteiger partial charge in [-0.2, -0.15) is 5.48 Å². The Labute approximate surface area is 114 Å². The number of fused-ring (bicyclic) bond motifs is 1. The molecular formula is C15H23NO3. The Morgan fingerprint density at radius 2 is 1.84 bits per heavy atom. The van der Waals surface area contributed by atoms with Crippen LogP contribution in [0.2, 0.25) is 0 Å². The van der Waals surface area contributed by atoms with Crippen LogP contribution in [-0.4, -0.2) is 30.2 Å². The van der Waals surface area contributed by atoms with Gasteiger partial charge in [-0.1, -0.05) is 43.6 Å². The lowest BCUT2D eigenvalue weighted by molar-refractivity contribution is -0.160. The molecule has 0 bridgehead atoms. The van der Waals surface area contributed by atoms with Gasteiger partial charge in [0.25, 0.3) is 0 Å². The summed E-state index contributed by atoms with van der Waals surface area (Å²) in [6, 6.07) is 0. The quantitative estimate of drug-likeness (QED) is 0.769. The van der Waals surface area contributed by atoms with Gasteiger partial charge in [0.15, 0.2) is 6.29 Å². The molecule has 0 unspecified atom stereocenters. The fourth-order valence-electron chi connectivity index (χ4n) is 3.90. The number of hydrogen-bond donors (Lipinski definition) is 2. The molecule has 0 amide bonds. The average molecular weight is 265 g/mol. The zero-order chi connectivity index (χ0) is 13.3. The van der Waals surface area contributed by atoms with Gasteiger partial charge in [-0.05, 0) is 12.8 Å². The van der Waals surface area contributed by atoms with Crippen molar-refractivity contribution in [1.82, 2.24) is 5.48 Å². The summed E-state index contributed by atoms with van der Waals surface area (Å²) >= 11 is 0. The van der Waals surface area contributed by atoms with Gasteiger partial charge >= 0.3 is 0 Å². The molecule has 1 saturated carbocycles. The monoisotopic (exact) mass is 265 g/mol. The largest absolute Gasteiger partial charge is 0.355 e. The molecule has 4 nitrogen and oxygen atoms in total. The molecule has 0 aromatic carbocycles. The van der Waals surface area contributed by atoms with E-state index >= 15 is 0 Å². The molecule has 1 saturated heterocycles. The lowest BCUT2D eigenvalue weighted by Crippen LogP contribution is -2.56. The molecule has 0 aromatic rings. The van der Waals surface area contributed by atoms with E-state index in [-0.39, 0.29) is 29.8 Å². The van der Waals surface area contributed by atoms with Crippen LogP contribution in [0, 0.1) is 11.8 Å². The van der Waals surface area contributed by atoms with Gasteiger partial charge in [-0.15, -0.1) is 0 Å². The molecule has 1 aliphatic heterocycles. The molecule has 0 spiro atoms. The Hall–Kier alpha value is -0.680. The van der Waals surface area contributed by atoms with Crippen molar-refractivity contribution in [3.05, 3.63) is 24.3 Å². The third kappa shape index (κ3) is 2.17. The zero-order valence-electron chi connectivity index (χ0n) is 11.4. The summed E-state index contributed by atoms with van der Waals surface area (Å²) in [5, 5.41) is 9.74. The molecule has 2 fully saturated rings. The lowest BCUT2D eigenvalue weighted by atomic mass is 9.71. The van der Waals surface area contributed by atoms with Crippen LogP contribution in [0.5, 0.6) is 0 Å². The van der Waals surface area contributed by atoms with E-state index in [1.807, 2.05) is 0 Å². The van der Waals surface area contributed by atoms with Crippen molar-refractivity contribution < 1.29 is 14.7 Å². The zero-order valence-corrected chi connectivity index (χ0v) is 11.4. The molecule has 3 rings (SSSR count). The molecule has 1 heterocycles. The maximum Gasteiger partial charge on any atom is 0.164 e. The Morgan fingerprint density at radius 1 is 1.16 bits per heavy atom. The van der Waals surface area contributed by atoms with Gasteiger partial charge in [0.05, 0.1) is 11.6 Å². The Morgan fingerprint density at radius 3 is 2.47 bits per heavy atom. The molecule has 3 aliphatic rings. The first-order valence-corrected chi connectivity index (χ1v) is 7.25. The lowest BCUT2D eigenvalue weighted by Gasteiger charge is -2.42. The second-order valence-corrected chi connectivity index (χ2v) is 5.91. The first kappa shape index (κ1) is 13.3. The third-order valence-corrected chi connectivity index (χ3v) is 4.91. The minimum absolute atomic E-state index is 0.0195. The second-order valence-electron chi connectivity index (χ2n) is 5.91. The number of nitrogens with one attached hydrogen (secondary N) is 1.